The van der Waals surface area contributed by atoms with E-state index in [4.69, 9.17) is 4.74 Å². The number of hydrogen-bond donors (Lipinski definition) is 0. The van der Waals surface area contributed by atoms with E-state index >= 15 is 0 Å². The van der Waals surface area contributed by atoms with Gasteiger partial charge in [-0.15, -0.1) is 0 Å². The second kappa shape index (κ2) is 8.62. The summed E-state index contributed by atoms with van der Waals surface area (Å²) in [6.07, 6.45) is 7.40. The predicted octanol–water partition coefficient (Wildman–Crippen LogP) is 4.42. The Kier molecular flexibility index (Phi) is 6.50. The summed E-state index contributed by atoms with van der Waals surface area (Å²) < 4.78 is 5.10. The van der Waals surface area contributed by atoms with E-state index in [-0.39, 0.29) is 5.97 Å². The van der Waals surface area contributed by atoms with Gasteiger partial charge in [-0.2, -0.15) is 0 Å². The molecule has 0 unspecified atom stereocenters. The molecule has 1 aromatic carbocycles. The molecule has 1 aliphatic heterocycles. The Labute approximate surface area is 134 Å². The van der Waals surface area contributed by atoms with Gasteiger partial charge in [0, 0.05) is 30.4 Å². The molecule has 0 N–H and O–H groups in total. The Morgan fingerprint density at radius 2 is 1.91 bits per heavy atom. The van der Waals surface area contributed by atoms with Crippen LogP contribution in [0.2, 0.25) is 0 Å². The molecule has 1 fully saturated rings. The summed E-state index contributed by atoms with van der Waals surface area (Å²) >= 11 is 0. The highest BCUT2D eigenvalue weighted by Gasteiger charge is 2.16. The molecule has 0 aliphatic carbocycles. The zero-order chi connectivity index (χ0) is 15.8. The summed E-state index contributed by atoms with van der Waals surface area (Å²) in [5.41, 5.74) is 3.52. The van der Waals surface area contributed by atoms with E-state index < -0.39 is 0 Å². The molecule has 0 atom stereocenters. The zero-order valence-electron chi connectivity index (χ0n) is 13.8. The van der Waals surface area contributed by atoms with Crippen LogP contribution in [0, 0.1) is 0 Å². The number of para-hydroxylation sites is 1. The number of rotatable bonds is 6. The molecule has 1 aliphatic rings. The van der Waals surface area contributed by atoms with Gasteiger partial charge in [-0.3, -0.25) is 0 Å². The molecule has 2 rings (SSSR count). The number of benzene rings is 1. The fraction of sp³-hybridized carbons (Fsp3) is 0.526. The minimum Gasteiger partial charge on any atom is -0.463 e. The average molecular weight is 301 g/mol. The van der Waals surface area contributed by atoms with Gasteiger partial charge in [0.25, 0.3) is 0 Å². The van der Waals surface area contributed by atoms with Crippen LogP contribution in [0.1, 0.15) is 51.5 Å². The fourth-order valence-corrected chi connectivity index (χ4v) is 3.04. The van der Waals surface area contributed by atoms with Crippen molar-refractivity contribution in [3.05, 3.63) is 35.9 Å². The molecule has 3 heteroatoms. The molecular weight excluding hydrogens is 274 g/mol. The van der Waals surface area contributed by atoms with Crippen molar-refractivity contribution in [1.29, 1.82) is 0 Å². The van der Waals surface area contributed by atoms with Crippen molar-refractivity contribution in [2.45, 2.75) is 46.0 Å². The number of esters is 1. The third kappa shape index (κ3) is 4.36. The van der Waals surface area contributed by atoms with E-state index in [2.05, 4.69) is 36.1 Å². The molecule has 22 heavy (non-hydrogen) atoms. The summed E-state index contributed by atoms with van der Waals surface area (Å²) in [5.74, 6) is -0.237. The van der Waals surface area contributed by atoms with Crippen LogP contribution in [0.4, 0.5) is 5.69 Å². The van der Waals surface area contributed by atoms with Crippen LogP contribution in [-0.4, -0.2) is 25.7 Å². The normalized spacial score (nSPS) is 15.7. The number of anilines is 1. The van der Waals surface area contributed by atoms with E-state index in [0.29, 0.717) is 6.61 Å². The maximum absolute atomic E-state index is 11.9. The van der Waals surface area contributed by atoms with Crippen LogP contribution in [0.25, 0.3) is 5.57 Å². The van der Waals surface area contributed by atoms with Gasteiger partial charge >= 0.3 is 5.97 Å². The standard InChI is InChI=1S/C19H27NO2/c1-3-10-16(15-19(21)22-4-2)17-11-6-7-12-18(17)20-13-8-5-9-14-20/h6-7,11-12,15H,3-5,8-10,13-14H2,1-2H3/b16-15-. The van der Waals surface area contributed by atoms with Crippen LogP contribution in [0.15, 0.2) is 30.3 Å². The van der Waals surface area contributed by atoms with Crippen molar-refractivity contribution in [2.75, 3.05) is 24.6 Å². The van der Waals surface area contributed by atoms with Gasteiger partial charge in [-0.05, 0) is 44.2 Å². The van der Waals surface area contributed by atoms with Gasteiger partial charge in [0.05, 0.1) is 6.61 Å². The molecule has 1 aromatic rings. The highest BCUT2D eigenvalue weighted by molar-refractivity contribution is 5.93. The number of carbonyl (C=O) groups is 1. The summed E-state index contributed by atoms with van der Waals surface area (Å²) in [6, 6.07) is 8.44. The first-order valence-corrected chi connectivity index (χ1v) is 8.48. The predicted molar refractivity (Wildman–Crippen MR) is 92.0 cm³/mol. The monoisotopic (exact) mass is 301 g/mol. The Bertz CT molecular complexity index is 516. The SMILES string of the molecule is CCC/C(=C/C(=O)OCC)c1ccccc1N1CCCCC1. The number of nitrogens with zero attached hydrogens (tertiary/aromatic N) is 1. The van der Waals surface area contributed by atoms with Gasteiger partial charge in [0.15, 0.2) is 0 Å². The second-order valence-corrected chi connectivity index (χ2v) is 5.74. The van der Waals surface area contributed by atoms with Crippen molar-refractivity contribution >= 4 is 17.2 Å². The molecule has 0 amide bonds. The first-order valence-electron chi connectivity index (χ1n) is 8.48. The molecule has 1 heterocycles. The lowest BCUT2D eigenvalue weighted by Gasteiger charge is -2.31. The number of ether oxygens (including phenoxy) is 1. The Morgan fingerprint density at radius 3 is 2.59 bits per heavy atom. The van der Waals surface area contributed by atoms with E-state index in [1.165, 1.54) is 30.5 Å². The van der Waals surface area contributed by atoms with Crippen molar-refractivity contribution in [1.82, 2.24) is 0 Å². The van der Waals surface area contributed by atoms with Crippen molar-refractivity contribution < 1.29 is 9.53 Å². The lowest BCUT2D eigenvalue weighted by Crippen LogP contribution is -2.30. The largest absolute Gasteiger partial charge is 0.463 e. The molecular formula is C19H27NO2. The number of hydrogen-bond acceptors (Lipinski definition) is 3. The average Bonchev–Trinajstić information content (AvgIpc) is 2.55. The number of piperidine rings is 1. The second-order valence-electron chi connectivity index (χ2n) is 5.74. The maximum Gasteiger partial charge on any atom is 0.331 e. The van der Waals surface area contributed by atoms with Crippen molar-refractivity contribution in [3.8, 4) is 0 Å². The lowest BCUT2D eigenvalue weighted by atomic mass is 9.97. The first kappa shape index (κ1) is 16.6. The van der Waals surface area contributed by atoms with E-state index in [0.717, 1.165) is 31.5 Å². The Hall–Kier alpha value is -1.77. The molecule has 120 valence electrons. The topological polar surface area (TPSA) is 29.5 Å². The van der Waals surface area contributed by atoms with Gasteiger partial charge < -0.3 is 9.64 Å². The lowest BCUT2D eigenvalue weighted by molar-refractivity contribution is -0.137. The molecule has 1 saturated heterocycles. The fourth-order valence-electron chi connectivity index (χ4n) is 3.04. The highest BCUT2D eigenvalue weighted by atomic mass is 16.5. The minimum atomic E-state index is -0.237. The minimum absolute atomic E-state index is 0.237. The highest BCUT2D eigenvalue weighted by Crippen LogP contribution is 2.31. The quantitative estimate of drug-likeness (QED) is 0.575. The molecule has 0 radical (unpaired) electrons. The van der Waals surface area contributed by atoms with Gasteiger partial charge in [0.2, 0.25) is 0 Å². The number of allylic oxidation sites excluding steroid dienone is 1. The van der Waals surface area contributed by atoms with Crippen LogP contribution in [-0.2, 0) is 9.53 Å². The molecule has 0 aromatic heterocycles. The summed E-state index contributed by atoms with van der Waals surface area (Å²) in [7, 11) is 0. The molecule has 3 nitrogen and oxygen atoms in total. The van der Waals surface area contributed by atoms with Crippen LogP contribution in [0.5, 0.6) is 0 Å². The van der Waals surface area contributed by atoms with Crippen molar-refractivity contribution in [3.63, 3.8) is 0 Å². The van der Waals surface area contributed by atoms with E-state index in [1.54, 1.807) is 6.08 Å². The van der Waals surface area contributed by atoms with Gasteiger partial charge in [0.1, 0.15) is 0 Å². The zero-order valence-corrected chi connectivity index (χ0v) is 13.8. The molecule has 0 spiro atoms. The van der Waals surface area contributed by atoms with Crippen LogP contribution >= 0.6 is 0 Å². The van der Waals surface area contributed by atoms with Gasteiger partial charge in [-0.1, -0.05) is 31.5 Å². The Morgan fingerprint density at radius 1 is 1.18 bits per heavy atom. The smallest absolute Gasteiger partial charge is 0.331 e. The van der Waals surface area contributed by atoms with E-state index in [1.807, 2.05) is 6.92 Å². The third-order valence-corrected chi connectivity index (χ3v) is 4.04. The van der Waals surface area contributed by atoms with Gasteiger partial charge in [-0.25, -0.2) is 4.79 Å². The summed E-state index contributed by atoms with van der Waals surface area (Å²) in [5, 5.41) is 0. The molecule has 0 bridgehead atoms. The molecule has 0 saturated carbocycles. The summed E-state index contributed by atoms with van der Waals surface area (Å²) in [4.78, 5) is 14.3. The first-order chi connectivity index (χ1) is 10.8. The summed E-state index contributed by atoms with van der Waals surface area (Å²) in [6.45, 7) is 6.61. The third-order valence-electron chi connectivity index (χ3n) is 4.04. The van der Waals surface area contributed by atoms with E-state index in [9.17, 15) is 4.79 Å². The van der Waals surface area contributed by atoms with Crippen LogP contribution in [0.3, 0.4) is 0 Å². The Balaban J connectivity index is 2.32. The van der Waals surface area contributed by atoms with Crippen molar-refractivity contribution in [2.24, 2.45) is 0 Å². The van der Waals surface area contributed by atoms with Crippen LogP contribution < -0.4 is 4.90 Å². The number of carbonyl (C=O) groups excluding carboxylic acids is 1. The maximum atomic E-state index is 11.9.